The quantitative estimate of drug-likeness (QED) is 0.549. The summed E-state index contributed by atoms with van der Waals surface area (Å²) in [5.74, 6) is 0. The highest BCUT2D eigenvalue weighted by molar-refractivity contribution is 4.97. The van der Waals surface area contributed by atoms with Crippen molar-refractivity contribution in [2.45, 2.75) is 19.9 Å². The van der Waals surface area contributed by atoms with Gasteiger partial charge in [0.1, 0.15) is 0 Å². The maximum absolute atomic E-state index is 2.17. The predicted octanol–water partition coefficient (Wildman–Crippen LogP) is 2.63. The van der Waals surface area contributed by atoms with Gasteiger partial charge in [-0.2, -0.15) is 0 Å². The average molecular weight is 135 g/mol. The third-order valence-electron chi connectivity index (χ3n) is 1.57. The Morgan fingerprint density at radius 1 is 1.30 bits per heavy atom. The molecule has 54 valence electrons. The minimum absolute atomic E-state index is 0.486. The lowest BCUT2D eigenvalue weighted by atomic mass is 10.3. The van der Waals surface area contributed by atoms with Crippen LogP contribution in [0, 0.1) is 0 Å². The third-order valence-corrected chi connectivity index (χ3v) is 1.57. The van der Waals surface area contributed by atoms with E-state index in [0.29, 0.717) is 6.04 Å². The van der Waals surface area contributed by atoms with Gasteiger partial charge in [-0.15, -0.1) is 0 Å². The topological polar surface area (TPSA) is 4.93 Å². The van der Waals surface area contributed by atoms with E-state index in [1.54, 1.807) is 0 Å². The minimum Gasteiger partial charge on any atom is -0.348 e. The molecule has 1 aromatic rings. The minimum atomic E-state index is 0.486. The SMILES string of the molecule is C/C=C\C(C)n1cccc1. The van der Waals surface area contributed by atoms with Gasteiger partial charge in [-0.3, -0.25) is 0 Å². The Morgan fingerprint density at radius 2 is 1.90 bits per heavy atom. The molecule has 0 saturated carbocycles. The van der Waals surface area contributed by atoms with Crippen LogP contribution in [-0.4, -0.2) is 4.57 Å². The second-order valence-corrected chi connectivity index (χ2v) is 2.40. The molecule has 0 radical (unpaired) electrons. The number of allylic oxidation sites excluding steroid dienone is 2. The first-order valence-corrected chi connectivity index (χ1v) is 3.60. The van der Waals surface area contributed by atoms with Crippen LogP contribution in [-0.2, 0) is 0 Å². The number of nitrogens with zero attached hydrogens (tertiary/aromatic N) is 1. The summed E-state index contributed by atoms with van der Waals surface area (Å²) >= 11 is 0. The summed E-state index contributed by atoms with van der Waals surface area (Å²) in [4.78, 5) is 0. The summed E-state index contributed by atoms with van der Waals surface area (Å²) in [5.41, 5.74) is 0. The fraction of sp³-hybridized carbons (Fsp3) is 0.333. The van der Waals surface area contributed by atoms with Crippen molar-refractivity contribution in [2.75, 3.05) is 0 Å². The van der Waals surface area contributed by atoms with Crippen molar-refractivity contribution in [3.8, 4) is 0 Å². The number of aromatic nitrogens is 1. The van der Waals surface area contributed by atoms with E-state index in [1.165, 1.54) is 0 Å². The molecule has 10 heavy (non-hydrogen) atoms. The van der Waals surface area contributed by atoms with Crippen molar-refractivity contribution in [1.82, 2.24) is 4.57 Å². The van der Waals surface area contributed by atoms with Gasteiger partial charge in [-0.1, -0.05) is 12.2 Å². The highest BCUT2D eigenvalue weighted by Gasteiger charge is 1.94. The lowest BCUT2D eigenvalue weighted by Gasteiger charge is -2.06. The van der Waals surface area contributed by atoms with Crippen LogP contribution in [0.1, 0.15) is 19.9 Å². The van der Waals surface area contributed by atoms with Gasteiger partial charge in [-0.25, -0.2) is 0 Å². The molecule has 0 aromatic carbocycles. The third kappa shape index (κ3) is 1.50. The molecule has 0 fully saturated rings. The Hall–Kier alpha value is -0.980. The number of hydrogen-bond donors (Lipinski definition) is 0. The van der Waals surface area contributed by atoms with Crippen molar-refractivity contribution >= 4 is 0 Å². The zero-order valence-corrected chi connectivity index (χ0v) is 6.49. The first-order valence-electron chi connectivity index (χ1n) is 3.60. The molecular weight excluding hydrogens is 122 g/mol. The molecule has 1 aromatic heterocycles. The molecule has 0 spiro atoms. The van der Waals surface area contributed by atoms with Crippen LogP contribution in [0.25, 0.3) is 0 Å². The van der Waals surface area contributed by atoms with Crippen LogP contribution >= 0.6 is 0 Å². The summed E-state index contributed by atoms with van der Waals surface area (Å²) < 4.78 is 2.17. The lowest BCUT2D eigenvalue weighted by Crippen LogP contribution is -1.97. The monoisotopic (exact) mass is 135 g/mol. The Kier molecular flexibility index (Phi) is 2.32. The van der Waals surface area contributed by atoms with E-state index in [0.717, 1.165) is 0 Å². The number of rotatable bonds is 2. The van der Waals surface area contributed by atoms with Gasteiger partial charge in [0.15, 0.2) is 0 Å². The molecule has 0 N–H and O–H groups in total. The van der Waals surface area contributed by atoms with Crippen molar-refractivity contribution in [3.05, 3.63) is 36.7 Å². The van der Waals surface area contributed by atoms with Crippen LogP contribution in [0.4, 0.5) is 0 Å². The maximum Gasteiger partial charge on any atom is 0.0482 e. The van der Waals surface area contributed by atoms with Gasteiger partial charge < -0.3 is 4.57 Å². The van der Waals surface area contributed by atoms with Crippen molar-refractivity contribution in [3.63, 3.8) is 0 Å². The van der Waals surface area contributed by atoms with Crippen molar-refractivity contribution < 1.29 is 0 Å². The fourth-order valence-corrected chi connectivity index (χ4v) is 0.997. The smallest absolute Gasteiger partial charge is 0.0482 e. The van der Waals surface area contributed by atoms with Crippen LogP contribution in [0.15, 0.2) is 36.7 Å². The van der Waals surface area contributed by atoms with Crippen LogP contribution in [0.2, 0.25) is 0 Å². The summed E-state index contributed by atoms with van der Waals surface area (Å²) in [5, 5.41) is 0. The largest absolute Gasteiger partial charge is 0.348 e. The van der Waals surface area contributed by atoms with E-state index < -0.39 is 0 Å². The predicted molar refractivity (Wildman–Crippen MR) is 44.0 cm³/mol. The molecular formula is C9H13N. The van der Waals surface area contributed by atoms with Crippen molar-refractivity contribution in [1.29, 1.82) is 0 Å². The lowest BCUT2D eigenvalue weighted by molar-refractivity contribution is 0.664. The van der Waals surface area contributed by atoms with E-state index >= 15 is 0 Å². The normalized spacial score (nSPS) is 14.2. The Labute approximate surface area is 62.0 Å². The maximum atomic E-state index is 2.17. The summed E-state index contributed by atoms with van der Waals surface area (Å²) in [6.45, 7) is 4.21. The molecule has 0 amide bonds. The second kappa shape index (κ2) is 3.25. The van der Waals surface area contributed by atoms with Gasteiger partial charge in [0.25, 0.3) is 0 Å². The van der Waals surface area contributed by atoms with Gasteiger partial charge >= 0.3 is 0 Å². The fourth-order valence-electron chi connectivity index (χ4n) is 0.997. The molecule has 1 nitrogen and oxygen atoms in total. The summed E-state index contributed by atoms with van der Waals surface area (Å²) in [7, 11) is 0. The Morgan fingerprint density at radius 3 is 2.40 bits per heavy atom. The van der Waals surface area contributed by atoms with Crippen LogP contribution < -0.4 is 0 Å². The summed E-state index contributed by atoms with van der Waals surface area (Å²) in [6, 6.07) is 4.57. The van der Waals surface area contributed by atoms with Crippen molar-refractivity contribution in [2.24, 2.45) is 0 Å². The van der Waals surface area contributed by atoms with Gasteiger partial charge in [0.2, 0.25) is 0 Å². The molecule has 1 unspecified atom stereocenters. The highest BCUT2D eigenvalue weighted by atomic mass is 15.0. The van der Waals surface area contributed by atoms with E-state index in [1.807, 2.05) is 19.1 Å². The molecule has 0 aliphatic rings. The van der Waals surface area contributed by atoms with Crippen LogP contribution in [0.5, 0.6) is 0 Å². The Balaban J connectivity index is 2.67. The molecule has 1 heteroatoms. The zero-order valence-electron chi connectivity index (χ0n) is 6.49. The molecule has 1 rings (SSSR count). The molecule has 0 bridgehead atoms. The van der Waals surface area contributed by atoms with E-state index in [-0.39, 0.29) is 0 Å². The first-order chi connectivity index (χ1) is 4.84. The average Bonchev–Trinajstić information content (AvgIpc) is 2.38. The molecule has 0 aliphatic carbocycles. The molecule has 1 atom stereocenters. The summed E-state index contributed by atoms with van der Waals surface area (Å²) in [6.07, 6.45) is 8.39. The van der Waals surface area contributed by atoms with Crippen LogP contribution in [0.3, 0.4) is 0 Å². The first kappa shape index (κ1) is 7.13. The molecule has 1 heterocycles. The molecule has 0 aliphatic heterocycles. The Bertz CT molecular complexity index is 197. The number of hydrogen-bond acceptors (Lipinski definition) is 0. The zero-order chi connectivity index (χ0) is 7.40. The second-order valence-electron chi connectivity index (χ2n) is 2.40. The van der Waals surface area contributed by atoms with E-state index in [4.69, 9.17) is 0 Å². The van der Waals surface area contributed by atoms with Gasteiger partial charge in [-0.05, 0) is 26.0 Å². The standard InChI is InChI=1S/C9H13N/c1-3-6-9(2)10-7-4-5-8-10/h3-9H,1-2H3/b6-3-. The van der Waals surface area contributed by atoms with Gasteiger partial charge in [0, 0.05) is 18.4 Å². The van der Waals surface area contributed by atoms with E-state index in [2.05, 4.69) is 36.0 Å². The van der Waals surface area contributed by atoms with E-state index in [9.17, 15) is 0 Å². The molecule has 0 saturated heterocycles. The highest BCUT2D eigenvalue weighted by Crippen LogP contribution is 2.06. The van der Waals surface area contributed by atoms with Gasteiger partial charge in [0.05, 0.1) is 0 Å².